The number of pyridine rings is 1. The highest BCUT2D eigenvalue weighted by Gasteiger charge is 2.15. The van der Waals surface area contributed by atoms with Gasteiger partial charge in [-0.1, -0.05) is 0 Å². The lowest BCUT2D eigenvalue weighted by molar-refractivity contribution is 0.0822. The first-order chi connectivity index (χ1) is 8.16. The van der Waals surface area contributed by atoms with Crippen molar-refractivity contribution >= 4 is 11.6 Å². The van der Waals surface area contributed by atoms with Crippen molar-refractivity contribution in [2.24, 2.45) is 0 Å². The van der Waals surface area contributed by atoms with E-state index in [2.05, 4.69) is 15.6 Å². The molecule has 1 aromatic heterocycles. The second-order valence-corrected chi connectivity index (χ2v) is 4.46. The number of anilines is 1. The Hall–Kier alpha value is -1.62. The van der Waals surface area contributed by atoms with Crippen molar-refractivity contribution < 1.29 is 4.79 Å². The van der Waals surface area contributed by atoms with E-state index in [-0.39, 0.29) is 5.91 Å². The quantitative estimate of drug-likeness (QED) is 0.802. The van der Waals surface area contributed by atoms with Crippen LogP contribution in [0, 0.1) is 0 Å². The monoisotopic (exact) mass is 234 g/mol. The van der Waals surface area contributed by atoms with Crippen molar-refractivity contribution in [1.82, 2.24) is 15.2 Å². The summed E-state index contributed by atoms with van der Waals surface area (Å²) in [5.74, 6) is -0.0711. The SMILES string of the molecule is CN(C)C(=O)c1cc(NC2CCNC2)ccn1. The number of amides is 1. The highest BCUT2D eigenvalue weighted by Crippen LogP contribution is 2.13. The van der Waals surface area contributed by atoms with Crippen LogP contribution >= 0.6 is 0 Å². The molecule has 0 bridgehead atoms. The van der Waals surface area contributed by atoms with Gasteiger partial charge in [-0.15, -0.1) is 0 Å². The fraction of sp³-hybridized carbons (Fsp3) is 0.500. The minimum atomic E-state index is -0.0711. The minimum absolute atomic E-state index is 0.0711. The highest BCUT2D eigenvalue weighted by molar-refractivity contribution is 5.92. The van der Waals surface area contributed by atoms with Crippen LogP contribution in [0.1, 0.15) is 16.9 Å². The molecule has 1 atom stereocenters. The van der Waals surface area contributed by atoms with Crippen LogP contribution < -0.4 is 10.6 Å². The smallest absolute Gasteiger partial charge is 0.272 e. The van der Waals surface area contributed by atoms with E-state index in [0.29, 0.717) is 11.7 Å². The summed E-state index contributed by atoms with van der Waals surface area (Å²) in [5, 5.41) is 6.70. The zero-order valence-electron chi connectivity index (χ0n) is 10.2. The van der Waals surface area contributed by atoms with Crippen molar-refractivity contribution in [2.45, 2.75) is 12.5 Å². The molecule has 0 saturated carbocycles. The summed E-state index contributed by atoms with van der Waals surface area (Å²) in [7, 11) is 3.45. The van der Waals surface area contributed by atoms with Crippen molar-refractivity contribution in [3.8, 4) is 0 Å². The lowest BCUT2D eigenvalue weighted by atomic mass is 10.2. The van der Waals surface area contributed by atoms with Gasteiger partial charge in [-0.25, -0.2) is 0 Å². The zero-order chi connectivity index (χ0) is 12.3. The topological polar surface area (TPSA) is 57.3 Å². The van der Waals surface area contributed by atoms with Gasteiger partial charge in [0.25, 0.3) is 5.91 Å². The molecule has 1 saturated heterocycles. The zero-order valence-corrected chi connectivity index (χ0v) is 10.2. The molecule has 0 spiro atoms. The molecule has 2 N–H and O–H groups in total. The average molecular weight is 234 g/mol. The van der Waals surface area contributed by atoms with Crippen molar-refractivity contribution in [1.29, 1.82) is 0 Å². The van der Waals surface area contributed by atoms with Gasteiger partial charge in [-0.05, 0) is 25.1 Å². The van der Waals surface area contributed by atoms with Gasteiger partial charge >= 0.3 is 0 Å². The van der Waals surface area contributed by atoms with E-state index in [9.17, 15) is 4.79 Å². The summed E-state index contributed by atoms with van der Waals surface area (Å²) < 4.78 is 0. The van der Waals surface area contributed by atoms with E-state index in [0.717, 1.165) is 25.2 Å². The number of hydrogen-bond donors (Lipinski definition) is 2. The second-order valence-electron chi connectivity index (χ2n) is 4.46. The maximum absolute atomic E-state index is 11.8. The predicted molar refractivity (Wildman–Crippen MR) is 67.2 cm³/mol. The summed E-state index contributed by atoms with van der Waals surface area (Å²) in [6, 6.07) is 4.14. The molecule has 2 rings (SSSR count). The third-order valence-electron chi connectivity index (χ3n) is 2.82. The van der Waals surface area contributed by atoms with Gasteiger partial charge in [-0.3, -0.25) is 9.78 Å². The molecular weight excluding hydrogens is 216 g/mol. The molecule has 0 radical (unpaired) electrons. The molecule has 1 aliphatic rings. The Bertz CT molecular complexity index is 399. The molecule has 1 unspecified atom stereocenters. The first-order valence-corrected chi connectivity index (χ1v) is 5.82. The van der Waals surface area contributed by atoms with E-state index in [1.54, 1.807) is 26.4 Å². The Balaban J connectivity index is 2.08. The molecule has 1 aliphatic heterocycles. The number of aromatic nitrogens is 1. The van der Waals surface area contributed by atoms with Crippen LogP contribution in [0.3, 0.4) is 0 Å². The van der Waals surface area contributed by atoms with Crippen LogP contribution in [0.2, 0.25) is 0 Å². The molecule has 1 fully saturated rings. The van der Waals surface area contributed by atoms with E-state index in [1.165, 1.54) is 4.90 Å². The molecule has 5 heteroatoms. The molecule has 2 heterocycles. The van der Waals surface area contributed by atoms with Crippen LogP contribution in [0.5, 0.6) is 0 Å². The minimum Gasteiger partial charge on any atom is -0.381 e. The Kier molecular flexibility index (Phi) is 3.58. The van der Waals surface area contributed by atoms with Crippen LogP contribution in [-0.2, 0) is 0 Å². The van der Waals surface area contributed by atoms with Gasteiger partial charge in [0, 0.05) is 38.6 Å². The van der Waals surface area contributed by atoms with Gasteiger partial charge in [0.05, 0.1) is 0 Å². The van der Waals surface area contributed by atoms with Crippen LogP contribution in [0.25, 0.3) is 0 Å². The first-order valence-electron chi connectivity index (χ1n) is 5.82. The van der Waals surface area contributed by atoms with Crippen LogP contribution in [0.4, 0.5) is 5.69 Å². The van der Waals surface area contributed by atoms with Crippen molar-refractivity contribution in [3.05, 3.63) is 24.0 Å². The molecule has 0 aromatic carbocycles. The molecule has 1 aromatic rings. The largest absolute Gasteiger partial charge is 0.381 e. The van der Waals surface area contributed by atoms with E-state index >= 15 is 0 Å². The third kappa shape index (κ3) is 2.94. The maximum Gasteiger partial charge on any atom is 0.272 e. The van der Waals surface area contributed by atoms with E-state index in [1.807, 2.05) is 6.07 Å². The molecule has 17 heavy (non-hydrogen) atoms. The molecule has 1 amide bonds. The lowest BCUT2D eigenvalue weighted by Crippen LogP contribution is -2.24. The lowest BCUT2D eigenvalue weighted by Gasteiger charge is -2.14. The normalized spacial score (nSPS) is 19.1. The van der Waals surface area contributed by atoms with Gasteiger partial charge < -0.3 is 15.5 Å². The molecule has 92 valence electrons. The van der Waals surface area contributed by atoms with Gasteiger partial charge in [0.2, 0.25) is 0 Å². The third-order valence-corrected chi connectivity index (χ3v) is 2.82. The summed E-state index contributed by atoms with van der Waals surface area (Å²) in [6.07, 6.45) is 2.78. The standard InChI is InChI=1S/C12H18N4O/c1-16(2)12(17)11-7-9(4-6-14-11)15-10-3-5-13-8-10/h4,6-7,10,13H,3,5,8H2,1-2H3,(H,14,15). The fourth-order valence-electron chi connectivity index (χ4n) is 1.88. The predicted octanol–water partition coefficient (Wildman–Crippen LogP) is 0.557. The highest BCUT2D eigenvalue weighted by atomic mass is 16.2. The van der Waals surface area contributed by atoms with Crippen LogP contribution in [0.15, 0.2) is 18.3 Å². The second kappa shape index (κ2) is 5.14. The Labute approximate surface area is 101 Å². The maximum atomic E-state index is 11.8. The number of nitrogens with zero attached hydrogens (tertiary/aromatic N) is 2. The number of nitrogens with one attached hydrogen (secondary N) is 2. The number of carbonyl (C=O) groups is 1. The van der Waals surface area contributed by atoms with Crippen LogP contribution in [-0.4, -0.2) is 49.0 Å². The average Bonchev–Trinajstić information content (AvgIpc) is 2.81. The number of carbonyl (C=O) groups excluding carboxylic acids is 1. The van der Waals surface area contributed by atoms with Crippen molar-refractivity contribution in [2.75, 3.05) is 32.5 Å². The summed E-state index contributed by atoms with van der Waals surface area (Å²) >= 11 is 0. The number of hydrogen-bond acceptors (Lipinski definition) is 4. The summed E-state index contributed by atoms with van der Waals surface area (Å²) in [5.41, 5.74) is 1.44. The summed E-state index contributed by atoms with van der Waals surface area (Å²) in [4.78, 5) is 17.4. The van der Waals surface area contributed by atoms with Crippen molar-refractivity contribution in [3.63, 3.8) is 0 Å². The molecule has 0 aliphatic carbocycles. The fourth-order valence-corrected chi connectivity index (χ4v) is 1.88. The first kappa shape index (κ1) is 11.9. The molecule has 5 nitrogen and oxygen atoms in total. The Morgan fingerprint density at radius 3 is 3.06 bits per heavy atom. The van der Waals surface area contributed by atoms with E-state index in [4.69, 9.17) is 0 Å². The van der Waals surface area contributed by atoms with Gasteiger partial charge in [0.1, 0.15) is 5.69 Å². The summed E-state index contributed by atoms with van der Waals surface area (Å²) in [6.45, 7) is 2.02. The Morgan fingerprint density at radius 2 is 2.41 bits per heavy atom. The number of rotatable bonds is 3. The van der Waals surface area contributed by atoms with E-state index < -0.39 is 0 Å². The molecular formula is C12H18N4O. The van der Waals surface area contributed by atoms with Gasteiger partial charge in [-0.2, -0.15) is 0 Å². The van der Waals surface area contributed by atoms with Gasteiger partial charge in [0.15, 0.2) is 0 Å². The Morgan fingerprint density at radius 1 is 1.59 bits per heavy atom.